The van der Waals surface area contributed by atoms with Crippen molar-refractivity contribution < 1.29 is 14.3 Å². The van der Waals surface area contributed by atoms with E-state index in [0.717, 1.165) is 11.6 Å². The molecule has 1 aromatic rings. The van der Waals surface area contributed by atoms with Crippen LogP contribution in [0, 0.1) is 0 Å². The van der Waals surface area contributed by atoms with Crippen LogP contribution in [0.25, 0.3) is 0 Å². The molecule has 0 saturated carbocycles. The van der Waals surface area contributed by atoms with Gasteiger partial charge in [-0.05, 0) is 11.6 Å². The molecule has 0 atom stereocenters. The first-order valence-corrected chi connectivity index (χ1v) is 9.95. The predicted molar refractivity (Wildman–Crippen MR) is 75.2 cm³/mol. The fourth-order valence-corrected chi connectivity index (χ4v) is 2.07. The van der Waals surface area contributed by atoms with Crippen LogP contribution in [0.3, 0.4) is 0 Å². The number of rotatable bonds is 7. The van der Waals surface area contributed by atoms with Crippen LogP contribution in [0.1, 0.15) is 5.56 Å². The van der Waals surface area contributed by atoms with E-state index < -0.39 is 8.07 Å². The van der Waals surface area contributed by atoms with E-state index in [-0.39, 0.29) is 12.6 Å². The zero-order valence-electron chi connectivity index (χ0n) is 11.4. The quantitative estimate of drug-likeness (QED) is 0.432. The molecular weight excluding hydrogens is 244 g/mol. The molecule has 0 aromatic heterocycles. The number of esters is 1. The Morgan fingerprint density at radius 3 is 2.44 bits per heavy atom. The van der Waals surface area contributed by atoms with Gasteiger partial charge in [-0.15, -0.1) is 0 Å². The van der Waals surface area contributed by atoms with Crippen molar-refractivity contribution in [3.8, 4) is 0 Å². The summed E-state index contributed by atoms with van der Waals surface area (Å²) >= 11 is 0. The maximum Gasteiger partial charge on any atom is 0.332 e. The summed E-state index contributed by atoms with van der Waals surface area (Å²) in [5.41, 5.74) is 0.993. The van der Waals surface area contributed by atoms with E-state index >= 15 is 0 Å². The molecule has 1 rings (SSSR count). The van der Waals surface area contributed by atoms with E-state index in [1.165, 1.54) is 0 Å². The second-order valence-electron chi connectivity index (χ2n) is 5.51. The van der Waals surface area contributed by atoms with Gasteiger partial charge in [-0.25, -0.2) is 4.79 Å². The highest BCUT2D eigenvalue weighted by molar-refractivity contribution is 6.76. The molecule has 0 aliphatic carbocycles. The fraction of sp³-hybridized carbons (Fsp3) is 0.500. The molecule has 0 N–H and O–H groups in total. The van der Waals surface area contributed by atoms with Gasteiger partial charge in [0.25, 0.3) is 0 Å². The molecule has 0 spiro atoms. The topological polar surface area (TPSA) is 35.5 Å². The standard InChI is InChI=1S/C14H22O3Si/c1-18(2,3)10-9-16-12-14(15)17-11-13-7-5-4-6-8-13/h4-8H,9-12H2,1-3H3. The van der Waals surface area contributed by atoms with Gasteiger partial charge in [0.05, 0.1) is 0 Å². The third-order valence-corrected chi connectivity index (χ3v) is 4.16. The average Bonchev–Trinajstić information content (AvgIpc) is 2.32. The third kappa shape index (κ3) is 7.24. The highest BCUT2D eigenvalue weighted by Gasteiger charge is 2.12. The lowest BCUT2D eigenvalue weighted by Crippen LogP contribution is -2.23. The molecule has 0 heterocycles. The largest absolute Gasteiger partial charge is 0.459 e. The van der Waals surface area contributed by atoms with Crippen LogP contribution in [-0.2, 0) is 20.9 Å². The Kier molecular flexibility index (Phi) is 6.08. The van der Waals surface area contributed by atoms with Crippen LogP contribution >= 0.6 is 0 Å². The molecule has 18 heavy (non-hydrogen) atoms. The van der Waals surface area contributed by atoms with Gasteiger partial charge in [0.15, 0.2) is 0 Å². The van der Waals surface area contributed by atoms with Crippen molar-refractivity contribution in [1.82, 2.24) is 0 Å². The van der Waals surface area contributed by atoms with Crippen LogP contribution < -0.4 is 0 Å². The lowest BCUT2D eigenvalue weighted by atomic mass is 10.2. The molecule has 0 bridgehead atoms. The second-order valence-corrected chi connectivity index (χ2v) is 11.1. The lowest BCUT2D eigenvalue weighted by Gasteiger charge is -2.15. The highest BCUT2D eigenvalue weighted by atomic mass is 28.3. The Morgan fingerprint density at radius 1 is 1.17 bits per heavy atom. The summed E-state index contributed by atoms with van der Waals surface area (Å²) in [7, 11) is -1.08. The first-order chi connectivity index (χ1) is 8.47. The average molecular weight is 266 g/mol. The van der Waals surface area contributed by atoms with Gasteiger partial charge in [0.2, 0.25) is 0 Å². The smallest absolute Gasteiger partial charge is 0.332 e. The fourth-order valence-electron chi connectivity index (χ4n) is 1.31. The van der Waals surface area contributed by atoms with Crippen molar-refractivity contribution in [3.05, 3.63) is 35.9 Å². The third-order valence-electron chi connectivity index (χ3n) is 2.46. The van der Waals surface area contributed by atoms with Gasteiger partial charge in [0, 0.05) is 14.7 Å². The Bertz CT molecular complexity index is 357. The molecule has 0 saturated heterocycles. The first kappa shape index (κ1) is 14.9. The minimum Gasteiger partial charge on any atom is -0.459 e. The maximum atomic E-state index is 11.4. The van der Waals surface area contributed by atoms with Gasteiger partial charge in [-0.1, -0.05) is 50.0 Å². The molecule has 1 aromatic carbocycles. The minimum absolute atomic E-state index is 0.0529. The summed E-state index contributed by atoms with van der Waals surface area (Å²) in [5, 5.41) is 0. The monoisotopic (exact) mass is 266 g/mol. The van der Waals surface area contributed by atoms with Crippen molar-refractivity contribution in [3.63, 3.8) is 0 Å². The molecule has 4 heteroatoms. The van der Waals surface area contributed by atoms with Crippen LogP contribution in [0.5, 0.6) is 0 Å². The summed E-state index contributed by atoms with van der Waals surface area (Å²) in [5.74, 6) is -0.297. The number of ether oxygens (including phenoxy) is 2. The van der Waals surface area contributed by atoms with Gasteiger partial charge < -0.3 is 9.47 Å². The number of benzene rings is 1. The Balaban J connectivity index is 2.11. The molecule has 0 aliphatic heterocycles. The van der Waals surface area contributed by atoms with Crippen molar-refractivity contribution in [2.45, 2.75) is 32.3 Å². The number of carbonyl (C=O) groups excluding carboxylic acids is 1. The molecule has 0 unspecified atom stereocenters. The summed E-state index contributed by atoms with van der Waals surface area (Å²) < 4.78 is 10.4. The zero-order valence-corrected chi connectivity index (χ0v) is 12.4. The Morgan fingerprint density at radius 2 is 1.83 bits per heavy atom. The predicted octanol–water partition coefficient (Wildman–Crippen LogP) is 3.08. The van der Waals surface area contributed by atoms with Crippen molar-refractivity contribution in [1.29, 1.82) is 0 Å². The highest BCUT2D eigenvalue weighted by Crippen LogP contribution is 2.07. The van der Waals surface area contributed by atoms with Gasteiger partial charge in [-0.3, -0.25) is 0 Å². The summed E-state index contributed by atoms with van der Waals surface area (Å²) in [6.07, 6.45) is 0. The number of hydrogen-bond acceptors (Lipinski definition) is 3. The van der Waals surface area contributed by atoms with Gasteiger partial charge in [-0.2, -0.15) is 0 Å². The van der Waals surface area contributed by atoms with Crippen molar-refractivity contribution in [2.24, 2.45) is 0 Å². The first-order valence-electron chi connectivity index (χ1n) is 6.25. The van der Waals surface area contributed by atoms with E-state index in [0.29, 0.717) is 13.2 Å². The number of hydrogen-bond donors (Lipinski definition) is 0. The van der Waals surface area contributed by atoms with E-state index in [1.807, 2.05) is 30.3 Å². The normalized spacial score (nSPS) is 11.3. The van der Waals surface area contributed by atoms with Crippen LogP contribution in [0.2, 0.25) is 25.7 Å². The lowest BCUT2D eigenvalue weighted by molar-refractivity contribution is -0.150. The molecule has 100 valence electrons. The van der Waals surface area contributed by atoms with Gasteiger partial charge >= 0.3 is 5.97 Å². The van der Waals surface area contributed by atoms with E-state index in [2.05, 4.69) is 19.6 Å². The minimum atomic E-state index is -1.08. The summed E-state index contributed by atoms with van der Waals surface area (Å²) in [6, 6.07) is 10.7. The van der Waals surface area contributed by atoms with Crippen LogP contribution in [-0.4, -0.2) is 27.3 Å². The molecule has 0 aliphatic rings. The molecule has 0 fully saturated rings. The zero-order chi connectivity index (χ0) is 13.4. The summed E-state index contributed by atoms with van der Waals surface area (Å²) in [4.78, 5) is 11.4. The molecule has 0 amide bonds. The van der Waals surface area contributed by atoms with Crippen molar-refractivity contribution >= 4 is 14.0 Å². The van der Waals surface area contributed by atoms with E-state index in [4.69, 9.17) is 9.47 Å². The Hall–Kier alpha value is -1.13. The second kappa shape index (κ2) is 7.33. The summed E-state index contributed by atoms with van der Waals surface area (Å²) in [6.45, 7) is 7.86. The molecule has 0 radical (unpaired) electrons. The van der Waals surface area contributed by atoms with E-state index in [1.54, 1.807) is 0 Å². The number of carbonyl (C=O) groups is 1. The van der Waals surface area contributed by atoms with Gasteiger partial charge in [0.1, 0.15) is 13.2 Å². The van der Waals surface area contributed by atoms with Crippen LogP contribution in [0.15, 0.2) is 30.3 Å². The van der Waals surface area contributed by atoms with E-state index in [9.17, 15) is 4.79 Å². The Labute approximate surface area is 110 Å². The molecule has 3 nitrogen and oxygen atoms in total. The SMILES string of the molecule is C[Si](C)(C)CCOCC(=O)OCc1ccccc1. The van der Waals surface area contributed by atoms with Crippen molar-refractivity contribution in [2.75, 3.05) is 13.2 Å². The molecular formula is C14H22O3Si. The maximum absolute atomic E-state index is 11.4. The van der Waals surface area contributed by atoms with Crippen LogP contribution in [0.4, 0.5) is 0 Å².